The Hall–Kier alpha value is -0.790. The lowest BCUT2D eigenvalue weighted by Crippen LogP contribution is -2.24. The predicted octanol–water partition coefficient (Wildman–Crippen LogP) is 7.10. The first-order valence-corrected chi connectivity index (χ1v) is 10.2. The summed E-state index contributed by atoms with van der Waals surface area (Å²) in [7, 11) is 0. The third-order valence-corrected chi connectivity index (χ3v) is 5.10. The molecular weight excluding hydrogens is 280 g/mol. The molecule has 0 aliphatic rings. The van der Waals surface area contributed by atoms with Crippen molar-refractivity contribution < 1.29 is 0 Å². The van der Waals surface area contributed by atoms with Crippen LogP contribution in [0.4, 0.5) is 0 Å². The second-order valence-corrected chi connectivity index (χ2v) is 7.78. The highest BCUT2D eigenvalue weighted by atomic mass is 15.1. The van der Waals surface area contributed by atoms with Crippen molar-refractivity contribution in [1.29, 1.82) is 0 Å². The van der Waals surface area contributed by atoms with Gasteiger partial charge in [0.25, 0.3) is 0 Å². The van der Waals surface area contributed by atoms with E-state index in [0.717, 1.165) is 0 Å². The number of aromatic nitrogens is 2. The van der Waals surface area contributed by atoms with E-state index in [9.17, 15) is 0 Å². The second-order valence-electron chi connectivity index (χ2n) is 7.78. The fraction of sp³-hybridized carbons (Fsp3) is 0.857. The fourth-order valence-electron chi connectivity index (χ4n) is 3.32. The van der Waals surface area contributed by atoms with Crippen LogP contribution in [0.1, 0.15) is 111 Å². The van der Waals surface area contributed by atoms with Crippen LogP contribution in [0.2, 0.25) is 0 Å². The third kappa shape index (κ3) is 9.84. The van der Waals surface area contributed by atoms with Crippen LogP contribution >= 0.6 is 0 Å². The van der Waals surface area contributed by atoms with Gasteiger partial charge in [0.2, 0.25) is 0 Å². The van der Waals surface area contributed by atoms with Gasteiger partial charge in [0, 0.05) is 17.9 Å². The van der Waals surface area contributed by atoms with Gasteiger partial charge in [-0.2, -0.15) is 0 Å². The molecule has 2 heteroatoms. The molecule has 0 bridgehead atoms. The van der Waals surface area contributed by atoms with Crippen LogP contribution in [0.3, 0.4) is 0 Å². The molecule has 2 nitrogen and oxygen atoms in total. The van der Waals surface area contributed by atoms with Crippen LogP contribution in [0.15, 0.2) is 18.7 Å². The molecule has 0 aliphatic heterocycles. The van der Waals surface area contributed by atoms with E-state index in [-0.39, 0.29) is 5.54 Å². The van der Waals surface area contributed by atoms with E-state index in [2.05, 4.69) is 36.5 Å². The molecule has 23 heavy (non-hydrogen) atoms. The molecule has 0 radical (unpaired) electrons. The first-order chi connectivity index (χ1) is 11.2. The number of hydrogen-bond acceptors (Lipinski definition) is 1. The van der Waals surface area contributed by atoms with E-state index < -0.39 is 0 Å². The van der Waals surface area contributed by atoms with E-state index in [1.54, 1.807) is 0 Å². The Morgan fingerprint density at radius 1 is 0.739 bits per heavy atom. The monoisotopic (exact) mass is 320 g/mol. The van der Waals surface area contributed by atoms with Gasteiger partial charge in [0.1, 0.15) is 0 Å². The van der Waals surface area contributed by atoms with E-state index in [4.69, 9.17) is 0 Å². The first kappa shape index (κ1) is 20.3. The molecule has 0 amide bonds. The lowest BCUT2D eigenvalue weighted by Gasteiger charge is -2.26. The molecule has 0 atom stereocenters. The molecule has 134 valence electrons. The number of hydrogen-bond donors (Lipinski definition) is 0. The average Bonchev–Trinajstić information content (AvgIpc) is 3.07. The first-order valence-electron chi connectivity index (χ1n) is 10.2. The maximum Gasteiger partial charge on any atom is 0.0950 e. The SMILES string of the molecule is CCCCCCCCCCCCCCCC(C)(C)n1ccnc1. The summed E-state index contributed by atoms with van der Waals surface area (Å²) in [6.07, 6.45) is 25.7. The van der Waals surface area contributed by atoms with Gasteiger partial charge in [-0.15, -0.1) is 0 Å². The van der Waals surface area contributed by atoms with Crippen LogP contribution in [0.5, 0.6) is 0 Å². The summed E-state index contributed by atoms with van der Waals surface area (Å²) < 4.78 is 2.24. The smallest absolute Gasteiger partial charge is 0.0950 e. The normalized spacial score (nSPS) is 12.0. The van der Waals surface area contributed by atoms with Crippen molar-refractivity contribution in [3.05, 3.63) is 18.7 Å². The lowest BCUT2D eigenvalue weighted by molar-refractivity contribution is 0.312. The van der Waals surface area contributed by atoms with E-state index in [0.29, 0.717) is 0 Å². The highest BCUT2D eigenvalue weighted by Crippen LogP contribution is 2.23. The quantitative estimate of drug-likeness (QED) is 0.315. The van der Waals surface area contributed by atoms with Gasteiger partial charge in [-0.3, -0.25) is 0 Å². The Labute approximate surface area is 145 Å². The topological polar surface area (TPSA) is 17.8 Å². The molecule has 1 aromatic heterocycles. The fourth-order valence-corrected chi connectivity index (χ4v) is 3.32. The Morgan fingerprint density at radius 3 is 1.65 bits per heavy atom. The van der Waals surface area contributed by atoms with Gasteiger partial charge in [-0.25, -0.2) is 4.98 Å². The zero-order valence-corrected chi connectivity index (χ0v) is 16.0. The zero-order valence-electron chi connectivity index (χ0n) is 16.0. The van der Waals surface area contributed by atoms with Gasteiger partial charge < -0.3 is 4.57 Å². The molecule has 0 saturated heterocycles. The van der Waals surface area contributed by atoms with Gasteiger partial charge in [-0.05, 0) is 20.3 Å². The summed E-state index contributed by atoms with van der Waals surface area (Å²) >= 11 is 0. The van der Waals surface area contributed by atoms with Gasteiger partial charge in [0.15, 0.2) is 0 Å². The van der Waals surface area contributed by atoms with Crippen molar-refractivity contribution in [3.63, 3.8) is 0 Å². The van der Waals surface area contributed by atoms with Crippen LogP contribution < -0.4 is 0 Å². The predicted molar refractivity (Wildman–Crippen MR) is 102 cm³/mol. The van der Waals surface area contributed by atoms with Crippen molar-refractivity contribution >= 4 is 0 Å². The minimum Gasteiger partial charge on any atom is -0.332 e. The van der Waals surface area contributed by atoms with Crippen molar-refractivity contribution in [2.75, 3.05) is 0 Å². The molecule has 0 unspecified atom stereocenters. The van der Waals surface area contributed by atoms with Crippen LogP contribution in [-0.2, 0) is 5.54 Å². The zero-order chi connectivity index (χ0) is 16.8. The summed E-state index contributed by atoms with van der Waals surface area (Å²) in [5, 5.41) is 0. The Balaban J connectivity index is 1.85. The molecule has 0 saturated carbocycles. The van der Waals surface area contributed by atoms with Crippen LogP contribution in [-0.4, -0.2) is 9.55 Å². The Bertz CT molecular complexity index is 354. The van der Waals surface area contributed by atoms with Crippen molar-refractivity contribution in [2.24, 2.45) is 0 Å². The van der Waals surface area contributed by atoms with Crippen molar-refractivity contribution in [1.82, 2.24) is 9.55 Å². The molecule has 0 N–H and O–H groups in total. The number of unbranched alkanes of at least 4 members (excludes halogenated alkanes) is 12. The third-order valence-electron chi connectivity index (χ3n) is 5.10. The van der Waals surface area contributed by atoms with Gasteiger partial charge >= 0.3 is 0 Å². The number of imidazole rings is 1. The molecule has 1 aromatic rings. The highest BCUT2D eigenvalue weighted by Gasteiger charge is 2.18. The van der Waals surface area contributed by atoms with Crippen molar-refractivity contribution in [3.8, 4) is 0 Å². The van der Waals surface area contributed by atoms with E-state index in [1.807, 2.05) is 12.5 Å². The maximum absolute atomic E-state index is 4.17. The molecule has 1 rings (SSSR count). The molecule has 1 heterocycles. The molecule has 0 spiro atoms. The Kier molecular flexibility index (Phi) is 11.1. The van der Waals surface area contributed by atoms with E-state index in [1.165, 1.54) is 89.9 Å². The number of nitrogens with zero attached hydrogens (tertiary/aromatic N) is 2. The van der Waals surface area contributed by atoms with Crippen LogP contribution in [0.25, 0.3) is 0 Å². The summed E-state index contributed by atoms with van der Waals surface area (Å²) in [5.41, 5.74) is 0.217. The van der Waals surface area contributed by atoms with Gasteiger partial charge in [0.05, 0.1) is 6.33 Å². The largest absolute Gasteiger partial charge is 0.332 e. The minimum atomic E-state index is 0.217. The standard InChI is InChI=1S/C21H40N2/c1-4-5-6-7-8-9-10-11-12-13-14-15-16-17-21(2,3)23-19-18-22-20-23/h18-20H,4-17H2,1-3H3. The molecule has 0 aromatic carbocycles. The van der Waals surface area contributed by atoms with E-state index >= 15 is 0 Å². The molecular formula is C21H40N2. The summed E-state index contributed by atoms with van der Waals surface area (Å²) in [5.74, 6) is 0. The molecule has 0 fully saturated rings. The second kappa shape index (κ2) is 12.6. The van der Waals surface area contributed by atoms with Gasteiger partial charge in [-0.1, -0.05) is 90.4 Å². The van der Waals surface area contributed by atoms with Crippen molar-refractivity contribution in [2.45, 2.75) is 116 Å². The summed E-state index contributed by atoms with van der Waals surface area (Å²) in [6.45, 7) is 6.92. The highest BCUT2D eigenvalue weighted by molar-refractivity contribution is 4.85. The summed E-state index contributed by atoms with van der Waals surface area (Å²) in [6, 6.07) is 0. The lowest BCUT2D eigenvalue weighted by atomic mass is 9.95. The minimum absolute atomic E-state index is 0.217. The molecule has 0 aliphatic carbocycles. The number of rotatable bonds is 15. The average molecular weight is 321 g/mol. The summed E-state index contributed by atoms with van der Waals surface area (Å²) in [4.78, 5) is 4.17. The van der Waals surface area contributed by atoms with Crippen LogP contribution in [0, 0.1) is 0 Å². The maximum atomic E-state index is 4.17. The Morgan fingerprint density at radius 2 is 1.22 bits per heavy atom.